The third-order valence-electron chi connectivity index (χ3n) is 4.21. The summed E-state index contributed by atoms with van der Waals surface area (Å²) in [5.74, 6) is 0. The molecular formula is C19H40K. The molecule has 0 aromatic rings. The van der Waals surface area contributed by atoms with Crippen LogP contribution in [0.15, 0.2) is 0 Å². The molecule has 0 heterocycles. The molecule has 0 atom stereocenters. The van der Waals surface area contributed by atoms with E-state index in [2.05, 4.69) is 13.8 Å². The number of unbranched alkanes of at least 4 members (excludes halogenated alkanes) is 16. The van der Waals surface area contributed by atoms with Gasteiger partial charge in [0.05, 0.1) is 0 Å². The van der Waals surface area contributed by atoms with Crippen molar-refractivity contribution in [2.75, 3.05) is 0 Å². The van der Waals surface area contributed by atoms with Crippen LogP contribution in [-0.2, 0) is 0 Å². The van der Waals surface area contributed by atoms with E-state index < -0.39 is 0 Å². The van der Waals surface area contributed by atoms with Gasteiger partial charge in [-0.15, -0.1) is 0 Å². The first-order valence-corrected chi connectivity index (χ1v) is 9.41. The summed E-state index contributed by atoms with van der Waals surface area (Å²) in [6.45, 7) is 4.59. The molecular weight excluding hydrogens is 267 g/mol. The van der Waals surface area contributed by atoms with E-state index in [1.165, 1.54) is 109 Å². The zero-order valence-corrected chi connectivity index (χ0v) is 18.1. The molecule has 0 saturated heterocycles. The summed E-state index contributed by atoms with van der Waals surface area (Å²) in [6, 6.07) is 0. The standard InChI is InChI=1S/C19H40.K/c1-3-5-7-9-11-13-15-17-19-18-16-14-12-10-8-6-4-2;/h3-19H2,1-2H3;. The second kappa shape index (κ2) is 22.9. The molecule has 0 nitrogen and oxygen atoms in total. The molecule has 0 aliphatic rings. The molecule has 20 heavy (non-hydrogen) atoms. The van der Waals surface area contributed by atoms with Crippen LogP contribution in [-0.4, -0.2) is 51.4 Å². The van der Waals surface area contributed by atoms with Crippen LogP contribution < -0.4 is 0 Å². The Morgan fingerprint density at radius 3 is 0.600 bits per heavy atom. The summed E-state index contributed by atoms with van der Waals surface area (Å²) in [5, 5.41) is 0. The number of hydrogen-bond acceptors (Lipinski definition) is 0. The molecule has 0 rings (SSSR count). The second-order valence-electron chi connectivity index (χ2n) is 6.30. The van der Waals surface area contributed by atoms with Crippen LogP contribution >= 0.6 is 0 Å². The van der Waals surface area contributed by atoms with Gasteiger partial charge in [0.15, 0.2) is 0 Å². The Morgan fingerprint density at radius 2 is 0.450 bits per heavy atom. The molecule has 1 heteroatoms. The van der Waals surface area contributed by atoms with Gasteiger partial charge in [-0.05, 0) is 0 Å². The minimum Gasteiger partial charge on any atom is -0.0654 e. The van der Waals surface area contributed by atoms with Crippen molar-refractivity contribution in [3.05, 3.63) is 0 Å². The van der Waals surface area contributed by atoms with Gasteiger partial charge in [-0.3, -0.25) is 0 Å². The van der Waals surface area contributed by atoms with Crippen LogP contribution in [0.4, 0.5) is 0 Å². The van der Waals surface area contributed by atoms with Crippen molar-refractivity contribution in [1.82, 2.24) is 0 Å². The summed E-state index contributed by atoms with van der Waals surface area (Å²) in [4.78, 5) is 0. The van der Waals surface area contributed by atoms with Crippen LogP contribution in [0.5, 0.6) is 0 Å². The molecule has 0 unspecified atom stereocenters. The molecule has 0 aliphatic heterocycles. The largest absolute Gasteiger partial charge is 0.0654 e. The fourth-order valence-electron chi connectivity index (χ4n) is 2.80. The van der Waals surface area contributed by atoms with E-state index in [4.69, 9.17) is 0 Å². The summed E-state index contributed by atoms with van der Waals surface area (Å²) >= 11 is 0. The predicted octanol–water partition coefficient (Wildman–Crippen LogP) is 7.28. The van der Waals surface area contributed by atoms with Gasteiger partial charge in [0.1, 0.15) is 0 Å². The van der Waals surface area contributed by atoms with Crippen LogP contribution in [0.2, 0.25) is 0 Å². The summed E-state index contributed by atoms with van der Waals surface area (Å²) < 4.78 is 0. The minimum atomic E-state index is 0. The molecule has 0 saturated carbocycles. The van der Waals surface area contributed by atoms with Crippen molar-refractivity contribution < 1.29 is 0 Å². The SMILES string of the molecule is CCCCCCCCCCCCCCCCCCC.[K]. The third kappa shape index (κ3) is 21.9. The maximum Gasteiger partial charge on any atom is 0 e. The molecule has 1 radical (unpaired) electrons. The Morgan fingerprint density at radius 1 is 0.300 bits per heavy atom. The maximum absolute atomic E-state index is 2.30. The zero-order valence-electron chi connectivity index (χ0n) is 15.0. The van der Waals surface area contributed by atoms with E-state index in [0.717, 1.165) is 0 Å². The Bertz CT molecular complexity index is 129. The number of hydrogen-bond donors (Lipinski definition) is 0. The van der Waals surface area contributed by atoms with Crippen molar-refractivity contribution in [3.8, 4) is 0 Å². The van der Waals surface area contributed by atoms with Gasteiger partial charge in [0.25, 0.3) is 0 Å². The molecule has 0 N–H and O–H groups in total. The molecule has 0 aliphatic carbocycles. The van der Waals surface area contributed by atoms with Crippen LogP contribution in [0.1, 0.15) is 123 Å². The van der Waals surface area contributed by atoms with E-state index in [0.29, 0.717) is 0 Å². The van der Waals surface area contributed by atoms with E-state index in [9.17, 15) is 0 Å². The van der Waals surface area contributed by atoms with E-state index in [1.807, 2.05) is 0 Å². The van der Waals surface area contributed by atoms with Crippen molar-refractivity contribution in [3.63, 3.8) is 0 Å². The van der Waals surface area contributed by atoms with Gasteiger partial charge < -0.3 is 0 Å². The van der Waals surface area contributed by atoms with Crippen LogP contribution in [0.3, 0.4) is 0 Å². The van der Waals surface area contributed by atoms with Crippen molar-refractivity contribution in [1.29, 1.82) is 0 Å². The van der Waals surface area contributed by atoms with Crippen molar-refractivity contribution in [2.45, 2.75) is 123 Å². The minimum absolute atomic E-state index is 0. The van der Waals surface area contributed by atoms with Gasteiger partial charge in [-0.2, -0.15) is 0 Å². The molecule has 117 valence electrons. The monoisotopic (exact) mass is 307 g/mol. The van der Waals surface area contributed by atoms with Gasteiger partial charge >= 0.3 is 0 Å². The van der Waals surface area contributed by atoms with Crippen LogP contribution in [0, 0.1) is 0 Å². The molecule has 0 aromatic heterocycles. The molecule has 0 amide bonds. The van der Waals surface area contributed by atoms with E-state index >= 15 is 0 Å². The summed E-state index contributed by atoms with van der Waals surface area (Å²) in [6.07, 6.45) is 24.9. The Hall–Kier alpha value is 1.64. The summed E-state index contributed by atoms with van der Waals surface area (Å²) in [7, 11) is 0. The molecule has 0 aromatic carbocycles. The molecule has 0 spiro atoms. The first kappa shape index (κ1) is 23.9. The van der Waals surface area contributed by atoms with Gasteiger partial charge in [0.2, 0.25) is 0 Å². The first-order chi connectivity index (χ1) is 9.41. The second-order valence-corrected chi connectivity index (χ2v) is 6.30. The fourth-order valence-corrected chi connectivity index (χ4v) is 2.80. The Labute approximate surface area is 172 Å². The van der Waals surface area contributed by atoms with Crippen molar-refractivity contribution >= 4 is 51.4 Å². The summed E-state index contributed by atoms with van der Waals surface area (Å²) in [5.41, 5.74) is 0. The normalized spacial score (nSPS) is 10.5. The number of rotatable bonds is 16. The Balaban J connectivity index is 0. The fraction of sp³-hybridized carbons (Fsp3) is 1.00. The molecule has 0 fully saturated rings. The quantitative estimate of drug-likeness (QED) is 0.208. The van der Waals surface area contributed by atoms with Gasteiger partial charge in [0, 0.05) is 51.4 Å². The van der Waals surface area contributed by atoms with Gasteiger partial charge in [-0.25, -0.2) is 0 Å². The van der Waals surface area contributed by atoms with Crippen LogP contribution in [0.25, 0.3) is 0 Å². The Kier molecular flexibility index (Phi) is 27.4. The smallest absolute Gasteiger partial charge is 0 e. The zero-order chi connectivity index (χ0) is 14.0. The van der Waals surface area contributed by atoms with E-state index in [1.54, 1.807) is 0 Å². The predicted molar refractivity (Wildman–Crippen MR) is 95.6 cm³/mol. The topological polar surface area (TPSA) is 0 Å². The van der Waals surface area contributed by atoms with Gasteiger partial charge in [-0.1, -0.05) is 123 Å². The molecule has 0 bridgehead atoms. The maximum atomic E-state index is 2.30. The average Bonchev–Trinajstić information content (AvgIpc) is 2.43. The van der Waals surface area contributed by atoms with E-state index in [-0.39, 0.29) is 51.4 Å². The first-order valence-electron chi connectivity index (χ1n) is 9.41. The average molecular weight is 308 g/mol. The third-order valence-corrected chi connectivity index (χ3v) is 4.21. The van der Waals surface area contributed by atoms with Crippen molar-refractivity contribution in [2.24, 2.45) is 0 Å².